The maximum Gasteiger partial charge on any atom is 0.323 e. The molecule has 0 unspecified atom stereocenters. The zero-order chi connectivity index (χ0) is 14.7. The van der Waals surface area contributed by atoms with Crippen LogP contribution >= 0.6 is 11.6 Å². The van der Waals surface area contributed by atoms with E-state index in [1.807, 2.05) is 0 Å². The van der Waals surface area contributed by atoms with Crippen molar-refractivity contribution in [3.05, 3.63) is 35.6 Å². The first-order valence-corrected chi connectivity index (χ1v) is 5.78. The minimum atomic E-state index is -0.661. The molecule has 1 aromatic heterocycles. The van der Waals surface area contributed by atoms with Crippen molar-refractivity contribution in [1.82, 2.24) is 4.98 Å². The molecule has 0 aliphatic heterocycles. The van der Waals surface area contributed by atoms with Gasteiger partial charge >= 0.3 is 6.03 Å². The second-order valence-electron chi connectivity index (χ2n) is 3.78. The highest BCUT2D eigenvalue weighted by atomic mass is 35.5. The van der Waals surface area contributed by atoms with Gasteiger partial charge in [0.1, 0.15) is 0 Å². The Bertz CT molecular complexity index is 640. The number of rotatable bonds is 2. The Morgan fingerprint density at radius 1 is 1.15 bits per heavy atom. The lowest BCUT2D eigenvalue weighted by Gasteiger charge is -2.09. The molecule has 0 bridgehead atoms. The molecule has 2 amide bonds. The van der Waals surface area contributed by atoms with Crippen LogP contribution in [0.3, 0.4) is 0 Å². The van der Waals surface area contributed by atoms with E-state index in [1.165, 1.54) is 6.20 Å². The average Bonchev–Trinajstić information content (AvgIpc) is 2.38. The van der Waals surface area contributed by atoms with Gasteiger partial charge in [-0.25, -0.2) is 9.78 Å². The zero-order valence-electron chi connectivity index (χ0n) is 9.96. The summed E-state index contributed by atoms with van der Waals surface area (Å²) in [5.41, 5.74) is 0.397. The van der Waals surface area contributed by atoms with E-state index in [0.717, 1.165) is 12.1 Å². The van der Waals surface area contributed by atoms with Gasteiger partial charge in [0.05, 0.1) is 11.4 Å². The van der Waals surface area contributed by atoms with E-state index in [-0.39, 0.29) is 10.8 Å². The fourth-order valence-corrected chi connectivity index (χ4v) is 1.61. The molecule has 1 heterocycles. The Labute approximate surface area is 118 Å². The molecule has 0 aliphatic rings. The predicted molar refractivity (Wildman–Crippen MR) is 73.3 cm³/mol. The number of phenolic OH excluding ortho intramolecular Hbond substituents is 3. The SMILES string of the molecule is O=C(Nc1cc(O)c(O)c(O)c1)Nc1cccnc1Cl. The molecule has 0 spiro atoms. The number of pyridine rings is 1. The molecule has 0 fully saturated rings. The van der Waals surface area contributed by atoms with Crippen molar-refractivity contribution in [2.24, 2.45) is 0 Å². The molecule has 0 saturated carbocycles. The molecule has 8 heteroatoms. The quantitative estimate of drug-likeness (QED) is 0.332. The molecular formula is C12H10ClN3O4. The zero-order valence-corrected chi connectivity index (χ0v) is 10.7. The second kappa shape index (κ2) is 5.54. The van der Waals surface area contributed by atoms with Crippen molar-refractivity contribution < 1.29 is 20.1 Å². The van der Waals surface area contributed by atoms with Gasteiger partial charge in [0.15, 0.2) is 22.4 Å². The fourth-order valence-electron chi connectivity index (χ4n) is 1.44. The number of hydrogen-bond donors (Lipinski definition) is 5. The summed E-state index contributed by atoms with van der Waals surface area (Å²) in [6, 6.07) is 4.67. The standard InChI is InChI=1S/C12H10ClN3O4/c13-11-7(2-1-3-14-11)16-12(20)15-6-4-8(17)10(19)9(18)5-6/h1-5,17-19H,(H2,15,16,20). The van der Waals surface area contributed by atoms with Crippen molar-refractivity contribution in [1.29, 1.82) is 0 Å². The summed E-state index contributed by atoms with van der Waals surface area (Å²) in [4.78, 5) is 15.5. The Balaban J connectivity index is 2.11. The van der Waals surface area contributed by atoms with Gasteiger partial charge in [-0.2, -0.15) is 0 Å². The first-order chi connectivity index (χ1) is 9.47. The summed E-state index contributed by atoms with van der Waals surface area (Å²) < 4.78 is 0. The number of nitrogens with zero attached hydrogens (tertiary/aromatic N) is 1. The Hall–Kier alpha value is -2.67. The highest BCUT2D eigenvalue weighted by Gasteiger charge is 2.11. The van der Waals surface area contributed by atoms with Crippen LogP contribution in [-0.4, -0.2) is 26.3 Å². The molecule has 20 heavy (non-hydrogen) atoms. The maximum atomic E-state index is 11.7. The highest BCUT2D eigenvalue weighted by molar-refractivity contribution is 6.32. The number of anilines is 2. The van der Waals surface area contributed by atoms with Crippen molar-refractivity contribution in [2.45, 2.75) is 0 Å². The molecular weight excluding hydrogens is 286 g/mol. The number of phenols is 3. The maximum absolute atomic E-state index is 11.7. The van der Waals surface area contributed by atoms with Crippen molar-refractivity contribution in [2.75, 3.05) is 10.6 Å². The number of urea groups is 1. The molecule has 5 N–H and O–H groups in total. The van der Waals surface area contributed by atoms with E-state index in [0.29, 0.717) is 5.69 Å². The molecule has 2 aromatic rings. The van der Waals surface area contributed by atoms with Crippen LogP contribution in [0, 0.1) is 0 Å². The summed E-state index contributed by atoms with van der Waals surface area (Å²) in [5.74, 6) is -1.77. The van der Waals surface area contributed by atoms with Gasteiger partial charge in [-0.3, -0.25) is 0 Å². The predicted octanol–water partition coefficient (Wildman–Crippen LogP) is 2.50. The van der Waals surface area contributed by atoms with Crippen LogP contribution in [0.1, 0.15) is 0 Å². The molecule has 0 aliphatic carbocycles. The van der Waals surface area contributed by atoms with Gasteiger partial charge in [0.25, 0.3) is 0 Å². The number of carbonyl (C=O) groups excluding carboxylic acids is 1. The number of amides is 2. The minimum absolute atomic E-state index is 0.0929. The van der Waals surface area contributed by atoms with Crippen molar-refractivity contribution >= 4 is 29.0 Å². The minimum Gasteiger partial charge on any atom is -0.504 e. The lowest BCUT2D eigenvalue weighted by atomic mass is 10.2. The molecule has 0 radical (unpaired) electrons. The lowest BCUT2D eigenvalue weighted by molar-refractivity contribution is 0.262. The number of aromatic nitrogens is 1. The van der Waals surface area contributed by atoms with Crippen molar-refractivity contribution in [3.63, 3.8) is 0 Å². The lowest BCUT2D eigenvalue weighted by Crippen LogP contribution is -2.19. The molecule has 0 saturated heterocycles. The van der Waals surface area contributed by atoms with Crippen LogP contribution < -0.4 is 10.6 Å². The van der Waals surface area contributed by atoms with E-state index in [4.69, 9.17) is 11.6 Å². The van der Waals surface area contributed by atoms with Gasteiger partial charge in [-0.1, -0.05) is 11.6 Å². The van der Waals surface area contributed by atoms with Crippen LogP contribution in [-0.2, 0) is 0 Å². The van der Waals surface area contributed by atoms with Gasteiger partial charge in [0, 0.05) is 18.3 Å². The monoisotopic (exact) mass is 295 g/mol. The molecule has 7 nitrogen and oxygen atoms in total. The molecule has 2 rings (SSSR count). The van der Waals surface area contributed by atoms with Crippen LogP contribution in [0.4, 0.5) is 16.2 Å². The average molecular weight is 296 g/mol. The smallest absolute Gasteiger partial charge is 0.323 e. The molecule has 0 atom stereocenters. The van der Waals surface area contributed by atoms with Crippen LogP contribution in [0.2, 0.25) is 5.15 Å². The normalized spacial score (nSPS) is 10.1. The number of hydrogen-bond acceptors (Lipinski definition) is 5. The van der Waals surface area contributed by atoms with Gasteiger partial charge < -0.3 is 26.0 Å². The summed E-state index contributed by atoms with van der Waals surface area (Å²) in [6.45, 7) is 0. The first-order valence-electron chi connectivity index (χ1n) is 5.41. The van der Waals surface area contributed by atoms with E-state index < -0.39 is 23.3 Å². The number of benzene rings is 1. The number of aromatic hydroxyl groups is 3. The Morgan fingerprint density at radius 2 is 1.80 bits per heavy atom. The summed E-state index contributed by atoms with van der Waals surface area (Å²) in [7, 11) is 0. The fraction of sp³-hybridized carbons (Fsp3) is 0. The molecule has 104 valence electrons. The second-order valence-corrected chi connectivity index (χ2v) is 4.14. The van der Waals surface area contributed by atoms with Crippen LogP contribution in [0.5, 0.6) is 17.2 Å². The van der Waals surface area contributed by atoms with Gasteiger partial charge in [0.2, 0.25) is 0 Å². The third-order valence-electron chi connectivity index (χ3n) is 2.33. The van der Waals surface area contributed by atoms with E-state index in [9.17, 15) is 20.1 Å². The topological polar surface area (TPSA) is 115 Å². The largest absolute Gasteiger partial charge is 0.504 e. The van der Waals surface area contributed by atoms with Crippen LogP contribution in [0.15, 0.2) is 30.5 Å². The third-order valence-corrected chi connectivity index (χ3v) is 2.64. The van der Waals surface area contributed by atoms with Crippen molar-refractivity contribution in [3.8, 4) is 17.2 Å². The van der Waals surface area contributed by atoms with Gasteiger partial charge in [-0.15, -0.1) is 0 Å². The number of halogens is 1. The summed E-state index contributed by atoms with van der Waals surface area (Å²) >= 11 is 5.78. The number of nitrogens with one attached hydrogen (secondary N) is 2. The number of carbonyl (C=O) groups is 1. The summed E-state index contributed by atoms with van der Waals surface area (Å²) in [6.07, 6.45) is 1.47. The van der Waals surface area contributed by atoms with Gasteiger partial charge in [-0.05, 0) is 12.1 Å². The summed E-state index contributed by atoms with van der Waals surface area (Å²) in [5, 5.41) is 32.7. The van der Waals surface area contributed by atoms with E-state index in [2.05, 4.69) is 15.6 Å². The van der Waals surface area contributed by atoms with E-state index in [1.54, 1.807) is 12.1 Å². The van der Waals surface area contributed by atoms with Crippen LogP contribution in [0.25, 0.3) is 0 Å². The van der Waals surface area contributed by atoms with E-state index >= 15 is 0 Å². The highest BCUT2D eigenvalue weighted by Crippen LogP contribution is 2.37. The Kier molecular flexibility index (Phi) is 3.81. The Morgan fingerprint density at radius 3 is 2.40 bits per heavy atom. The first kappa shape index (κ1) is 13.8. The third kappa shape index (κ3) is 3.01. The molecule has 1 aromatic carbocycles.